The van der Waals surface area contributed by atoms with Crippen LogP contribution < -0.4 is 11.1 Å². The number of hydrogen-bond acceptors (Lipinski definition) is 5. The number of imidazole rings is 1. The Morgan fingerprint density at radius 1 is 1.41 bits per heavy atom. The summed E-state index contributed by atoms with van der Waals surface area (Å²) in [4.78, 5) is 21.6. The second-order valence-electron chi connectivity index (χ2n) is 5.17. The van der Waals surface area contributed by atoms with Crippen molar-refractivity contribution in [3.05, 3.63) is 46.4 Å². The van der Waals surface area contributed by atoms with Gasteiger partial charge < -0.3 is 15.5 Å². The van der Waals surface area contributed by atoms with Gasteiger partial charge in [-0.05, 0) is 25.5 Å². The number of pyridine rings is 1. The van der Waals surface area contributed by atoms with E-state index in [-0.39, 0.29) is 5.91 Å². The summed E-state index contributed by atoms with van der Waals surface area (Å²) in [5.74, 6) is -0.0551. The third-order valence-electron chi connectivity index (χ3n) is 3.42. The fourth-order valence-corrected chi connectivity index (χ4v) is 3.13. The van der Waals surface area contributed by atoms with Crippen LogP contribution in [-0.2, 0) is 17.8 Å². The molecule has 0 bridgehead atoms. The average Bonchev–Trinajstić information content (AvgIpc) is 3.01. The van der Waals surface area contributed by atoms with Gasteiger partial charge in [-0.1, -0.05) is 6.07 Å². The summed E-state index contributed by atoms with van der Waals surface area (Å²) < 4.78 is 1.96. The topological polar surface area (TPSA) is 85.3 Å². The maximum absolute atomic E-state index is 12.0. The van der Waals surface area contributed by atoms with Crippen molar-refractivity contribution in [3.8, 4) is 0 Å². The first-order valence-electron chi connectivity index (χ1n) is 6.94. The molecule has 0 aromatic carbocycles. The maximum Gasteiger partial charge on any atom is 0.225 e. The standard InChI is InChI=1S/C15H17N5OS/c1-9-4-3-5-20-8-11(19-14(9)20)7-17-13(21)6-12-10(2)18-15(16)22-12/h3-5,8H,6-7H2,1-2H3,(H2,16,18)(H,17,21). The Bertz CT molecular complexity index is 836. The number of aromatic nitrogens is 3. The van der Waals surface area contributed by atoms with Crippen LogP contribution in [0.2, 0.25) is 0 Å². The Balaban J connectivity index is 1.65. The molecule has 3 rings (SSSR count). The van der Waals surface area contributed by atoms with Gasteiger partial charge in [0.2, 0.25) is 5.91 Å². The highest BCUT2D eigenvalue weighted by Gasteiger charge is 2.11. The first-order valence-corrected chi connectivity index (χ1v) is 7.76. The minimum absolute atomic E-state index is 0.0551. The summed E-state index contributed by atoms with van der Waals surface area (Å²) in [6.07, 6.45) is 4.18. The van der Waals surface area contributed by atoms with E-state index in [0.29, 0.717) is 18.1 Å². The van der Waals surface area contributed by atoms with E-state index in [9.17, 15) is 4.79 Å². The van der Waals surface area contributed by atoms with Gasteiger partial charge >= 0.3 is 0 Å². The SMILES string of the molecule is Cc1nc(N)sc1CC(=O)NCc1cn2cccc(C)c2n1. The van der Waals surface area contributed by atoms with Crippen molar-refractivity contribution in [1.29, 1.82) is 0 Å². The molecule has 0 fully saturated rings. The van der Waals surface area contributed by atoms with E-state index < -0.39 is 0 Å². The zero-order valence-electron chi connectivity index (χ0n) is 12.5. The van der Waals surface area contributed by atoms with Gasteiger partial charge in [0.1, 0.15) is 5.65 Å². The molecule has 0 aliphatic carbocycles. The number of fused-ring (bicyclic) bond motifs is 1. The van der Waals surface area contributed by atoms with Crippen LogP contribution in [0.3, 0.4) is 0 Å². The van der Waals surface area contributed by atoms with E-state index in [1.54, 1.807) is 0 Å². The van der Waals surface area contributed by atoms with Gasteiger partial charge in [0.05, 0.1) is 24.4 Å². The van der Waals surface area contributed by atoms with E-state index in [2.05, 4.69) is 15.3 Å². The second-order valence-corrected chi connectivity index (χ2v) is 6.28. The third kappa shape index (κ3) is 2.94. The molecule has 1 amide bonds. The van der Waals surface area contributed by atoms with Crippen LogP contribution >= 0.6 is 11.3 Å². The number of thiazole rings is 1. The predicted molar refractivity (Wildman–Crippen MR) is 86.7 cm³/mol. The lowest BCUT2D eigenvalue weighted by molar-refractivity contribution is -0.120. The summed E-state index contributed by atoms with van der Waals surface area (Å²) >= 11 is 1.36. The quantitative estimate of drug-likeness (QED) is 0.769. The molecule has 6 nitrogen and oxygen atoms in total. The number of carbonyl (C=O) groups excluding carboxylic acids is 1. The smallest absolute Gasteiger partial charge is 0.225 e. The Hall–Kier alpha value is -2.41. The van der Waals surface area contributed by atoms with Crippen LogP contribution in [0.15, 0.2) is 24.5 Å². The summed E-state index contributed by atoms with van der Waals surface area (Å²) in [6.45, 7) is 4.29. The van der Waals surface area contributed by atoms with Crippen LogP contribution in [0, 0.1) is 13.8 Å². The molecule has 0 aliphatic rings. The number of hydrogen-bond donors (Lipinski definition) is 2. The Morgan fingerprint density at radius 2 is 2.23 bits per heavy atom. The molecule has 7 heteroatoms. The van der Waals surface area contributed by atoms with E-state index in [0.717, 1.165) is 27.5 Å². The summed E-state index contributed by atoms with van der Waals surface area (Å²) in [5.41, 5.74) is 9.32. The van der Waals surface area contributed by atoms with Crippen LogP contribution in [0.5, 0.6) is 0 Å². The summed E-state index contributed by atoms with van der Waals surface area (Å²) in [5, 5.41) is 3.38. The number of rotatable bonds is 4. The molecule has 114 valence electrons. The number of carbonyl (C=O) groups is 1. The van der Waals surface area contributed by atoms with Gasteiger partial charge in [0.15, 0.2) is 5.13 Å². The molecule has 0 atom stereocenters. The fourth-order valence-electron chi connectivity index (χ4n) is 2.30. The number of nitrogens with zero attached hydrogens (tertiary/aromatic N) is 3. The molecule has 0 spiro atoms. The number of nitrogen functional groups attached to an aromatic ring is 1. The normalized spacial score (nSPS) is 11.0. The number of aryl methyl sites for hydroxylation is 2. The first-order chi connectivity index (χ1) is 10.5. The highest BCUT2D eigenvalue weighted by Crippen LogP contribution is 2.20. The van der Waals surface area contributed by atoms with Gasteiger partial charge in [-0.3, -0.25) is 4.79 Å². The monoisotopic (exact) mass is 315 g/mol. The van der Waals surface area contributed by atoms with Gasteiger partial charge in [-0.2, -0.15) is 0 Å². The van der Waals surface area contributed by atoms with Crippen molar-refractivity contribution in [3.63, 3.8) is 0 Å². The lowest BCUT2D eigenvalue weighted by Crippen LogP contribution is -2.24. The molecule has 3 heterocycles. The van der Waals surface area contributed by atoms with Crippen molar-refractivity contribution in [2.45, 2.75) is 26.8 Å². The Kier molecular flexibility index (Phi) is 3.81. The molecule has 0 aliphatic heterocycles. The first kappa shape index (κ1) is 14.5. The van der Waals surface area contributed by atoms with E-state index in [4.69, 9.17) is 5.73 Å². The molecule has 3 aromatic rings. The third-order valence-corrected chi connectivity index (χ3v) is 4.41. The van der Waals surface area contributed by atoms with E-state index >= 15 is 0 Å². The van der Waals surface area contributed by atoms with Crippen molar-refractivity contribution in [2.24, 2.45) is 0 Å². The Labute approximate surface area is 132 Å². The minimum Gasteiger partial charge on any atom is -0.375 e. The number of anilines is 1. The van der Waals surface area contributed by atoms with Crippen molar-refractivity contribution in [1.82, 2.24) is 19.7 Å². The number of amides is 1. The molecular weight excluding hydrogens is 298 g/mol. The van der Waals surface area contributed by atoms with Gasteiger partial charge in [-0.15, -0.1) is 11.3 Å². The Morgan fingerprint density at radius 3 is 2.91 bits per heavy atom. The molecule has 3 N–H and O–H groups in total. The fraction of sp³-hybridized carbons (Fsp3) is 0.267. The largest absolute Gasteiger partial charge is 0.375 e. The van der Waals surface area contributed by atoms with Gasteiger partial charge in [0.25, 0.3) is 0 Å². The second kappa shape index (κ2) is 5.76. The molecular formula is C15H17N5OS. The van der Waals surface area contributed by atoms with Crippen LogP contribution in [-0.4, -0.2) is 20.3 Å². The molecule has 0 saturated heterocycles. The highest BCUT2D eigenvalue weighted by atomic mass is 32.1. The van der Waals surface area contributed by atoms with Crippen molar-refractivity contribution >= 4 is 28.0 Å². The van der Waals surface area contributed by atoms with Crippen molar-refractivity contribution in [2.75, 3.05) is 5.73 Å². The van der Waals surface area contributed by atoms with Crippen molar-refractivity contribution < 1.29 is 4.79 Å². The van der Waals surface area contributed by atoms with Gasteiger partial charge in [-0.25, -0.2) is 9.97 Å². The molecule has 3 aromatic heterocycles. The summed E-state index contributed by atoms with van der Waals surface area (Å²) in [6, 6.07) is 3.99. The van der Waals surface area contributed by atoms with Crippen LogP contribution in [0.25, 0.3) is 5.65 Å². The van der Waals surface area contributed by atoms with E-state index in [1.165, 1.54) is 11.3 Å². The predicted octanol–water partition coefficient (Wildman–Crippen LogP) is 1.85. The lowest BCUT2D eigenvalue weighted by Gasteiger charge is -2.02. The minimum atomic E-state index is -0.0551. The molecule has 0 unspecified atom stereocenters. The summed E-state index contributed by atoms with van der Waals surface area (Å²) in [7, 11) is 0. The highest BCUT2D eigenvalue weighted by molar-refractivity contribution is 7.15. The van der Waals surface area contributed by atoms with Gasteiger partial charge in [0, 0.05) is 17.3 Å². The maximum atomic E-state index is 12.0. The number of nitrogens with two attached hydrogens (primary N) is 1. The zero-order chi connectivity index (χ0) is 15.7. The number of nitrogens with one attached hydrogen (secondary N) is 1. The molecule has 22 heavy (non-hydrogen) atoms. The van der Waals surface area contributed by atoms with Crippen LogP contribution in [0.1, 0.15) is 21.8 Å². The van der Waals surface area contributed by atoms with E-state index in [1.807, 2.05) is 42.8 Å². The average molecular weight is 315 g/mol. The lowest BCUT2D eigenvalue weighted by atomic mass is 10.3. The zero-order valence-corrected chi connectivity index (χ0v) is 13.3. The molecule has 0 radical (unpaired) electrons. The molecule has 0 saturated carbocycles. The van der Waals surface area contributed by atoms with Crippen LogP contribution in [0.4, 0.5) is 5.13 Å².